The van der Waals surface area contributed by atoms with Gasteiger partial charge in [-0.25, -0.2) is 19.2 Å². The molecule has 4 fully saturated rings. The van der Waals surface area contributed by atoms with Crippen molar-refractivity contribution in [3.8, 4) is 11.5 Å². The fourth-order valence-electron chi connectivity index (χ4n) is 11.2. The van der Waals surface area contributed by atoms with Crippen LogP contribution in [0.5, 0.6) is 11.5 Å². The van der Waals surface area contributed by atoms with E-state index in [-0.39, 0.29) is 73.2 Å². The average molecular weight is 1120 g/mol. The number of carboxylic acid groups (broad SMARTS) is 1. The molecule has 6 heterocycles. The van der Waals surface area contributed by atoms with Gasteiger partial charge >= 0.3 is 24.2 Å². The number of benzene rings is 2. The Labute approximate surface area is 467 Å². The van der Waals surface area contributed by atoms with Crippen molar-refractivity contribution in [2.75, 3.05) is 46.4 Å². The number of carbonyl (C=O) groups is 9. The Morgan fingerprint density at radius 1 is 0.600 bits per heavy atom. The number of para-hydroxylation sites is 2. The highest BCUT2D eigenvalue weighted by molar-refractivity contribution is 5.95. The zero-order chi connectivity index (χ0) is 58.2. The summed E-state index contributed by atoms with van der Waals surface area (Å²) in [6, 6.07) is 8.52. The number of rotatable bonds is 10. The second-order valence-corrected chi connectivity index (χ2v) is 23.0. The summed E-state index contributed by atoms with van der Waals surface area (Å²) in [6.45, 7) is 15.5. The van der Waals surface area contributed by atoms with E-state index in [2.05, 4.69) is 31.9 Å². The number of carbonyl (C=O) groups excluding carboxylic acids is 8. The average Bonchev–Trinajstić information content (AvgIpc) is 4.16. The maximum absolute atomic E-state index is 14.3. The first-order chi connectivity index (χ1) is 37.9. The van der Waals surface area contributed by atoms with Crippen LogP contribution in [0.4, 0.5) is 19.2 Å². The van der Waals surface area contributed by atoms with Gasteiger partial charge in [0.15, 0.2) is 0 Å². The standard InChI is InChI=1S/C32H48N6O7.C24H33N5O6/c1-19(2)33-30(42)37-16-14-21-12-13-25(28(40)34-23-15-17-44-26-11-9-8-10-22(23)26)38(21)29(41)24(18-37)35-27(39)20(3)36(7)31(43)45-32(4,5)6;1-14(2)25-23(32)28-11-9-15-7-8-19(29(15)22(31)18(13-28)27-24(33)34)21(30)26-17-10-12-35-20-6-4-3-5-16(17)20/h8-11,19-21,23-25H,12-18H2,1-7H3,(H,33,42)(H,34,40)(H,35,39);3-6,14-15,17-19,27H,7-13H2,1-2H3,(H,25,32)(H,26,30)(H,33,34)/t20-,21+,23+,24-,25-;15-,17-,18+,19+/m01/s1. The zero-order valence-electron chi connectivity index (χ0n) is 47.5. The molecule has 80 heavy (non-hydrogen) atoms. The van der Waals surface area contributed by atoms with Crippen LogP contribution in [0.3, 0.4) is 0 Å². The maximum Gasteiger partial charge on any atom is 0.410 e. The first-order valence-corrected chi connectivity index (χ1v) is 28.0. The van der Waals surface area contributed by atoms with Crippen molar-refractivity contribution >= 4 is 53.8 Å². The maximum atomic E-state index is 14.3. The summed E-state index contributed by atoms with van der Waals surface area (Å²) in [5.74, 6) is -0.550. The zero-order valence-corrected chi connectivity index (χ0v) is 47.5. The van der Waals surface area contributed by atoms with E-state index in [1.807, 2.05) is 76.2 Å². The molecule has 8 rings (SSSR count). The molecule has 0 saturated carbocycles. The van der Waals surface area contributed by atoms with E-state index in [1.54, 1.807) is 30.6 Å². The van der Waals surface area contributed by atoms with E-state index >= 15 is 0 Å². The van der Waals surface area contributed by atoms with Crippen LogP contribution in [-0.2, 0) is 28.7 Å². The molecule has 7 N–H and O–H groups in total. The van der Waals surface area contributed by atoms with Crippen LogP contribution < -0.4 is 41.4 Å². The van der Waals surface area contributed by atoms with E-state index in [0.717, 1.165) is 27.5 Å². The fraction of sp³-hybridized carbons (Fsp3) is 0.625. The minimum Gasteiger partial charge on any atom is -0.493 e. The van der Waals surface area contributed by atoms with Crippen LogP contribution in [0.2, 0.25) is 0 Å². The summed E-state index contributed by atoms with van der Waals surface area (Å²) in [5.41, 5.74) is 1.04. The van der Waals surface area contributed by atoms with Gasteiger partial charge in [0.05, 0.1) is 38.4 Å². The second-order valence-electron chi connectivity index (χ2n) is 23.0. The Kier molecular flexibility index (Phi) is 19.7. The highest BCUT2D eigenvalue weighted by Crippen LogP contribution is 2.36. The molecule has 9 atom stereocenters. The molecule has 0 bridgehead atoms. The molecule has 2 aromatic carbocycles. The van der Waals surface area contributed by atoms with Crippen LogP contribution in [0.1, 0.15) is 130 Å². The smallest absolute Gasteiger partial charge is 0.410 e. The van der Waals surface area contributed by atoms with Crippen molar-refractivity contribution in [2.45, 2.75) is 179 Å². The van der Waals surface area contributed by atoms with Gasteiger partial charge < -0.3 is 70.8 Å². The molecule has 0 spiro atoms. The highest BCUT2D eigenvalue weighted by atomic mass is 16.6. The number of nitrogens with one attached hydrogen (secondary N) is 6. The predicted molar refractivity (Wildman–Crippen MR) is 292 cm³/mol. The van der Waals surface area contributed by atoms with Crippen molar-refractivity contribution < 1.29 is 62.5 Å². The normalized spacial score (nSPS) is 24.8. The van der Waals surface area contributed by atoms with Gasteiger partial charge in [-0.3, -0.25) is 28.9 Å². The summed E-state index contributed by atoms with van der Waals surface area (Å²) in [5, 5.41) is 26.3. The third kappa shape index (κ3) is 14.8. The molecule has 6 aliphatic rings. The number of ether oxygens (including phenoxy) is 3. The molecular weight excluding hydrogens is 1030 g/mol. The lowest BCUT2D eigenvalue weighted by molar-refractivity contribution is -0.145. The molecule has 0 radical (unpaired) electrons. The van der Waals surface area contributed by atoms with Gasteiger partial charge in [-0.05, 0) is 106 Å². The van der Waals surface area contributed by atoms with Crippen LogP contribution in [0.15, 0.2) is 48.5 Å². The number of fused-ring (bicyclic) bond motifs is 4. The third-order valence-electron chi connectivity index (χ3n) is 15.2. The van der Waals surface area contributed by atoms with E-state index < -0.39 is 65.7 Å². The Morgan fingerprint density at radius 2 is 1.02 bits per heavy atom. The van der Waals surface area contributed by atoms with Gasteiger partial charge in [-0.2, -0.15) is 0 Å². The summed E-state index contributed by atoms with van der Waals surface area (Å²) >= 11 is 0. The largest absolute Gasteiger partial charge is 0.493 e. The molecule has 0 aromatic heterocycles. The molecule has 11 amide bonds. The van der Waals surface area contributed by atoms with Gasteiger partial charge in [-0.1, -0.05) is 36.4 Å². The monoisotopic (exact) mass is 1120 g/mol. The van der Waals surface area contributed by atoms with E-state index in [0.29, 0.717) is 77.7 Å². The van der Waals surface area contributed by atoms with Gasteiger partial charge in [0.25, 0.3) is 0 Å². The molecule has 0 aliphatic carbocycles. The molecule has 0 unspecified atom stereocenters. The molecule has 2 aromatic rings. The molecular formula is C56H81N11O13. The molecule has 438 valence electrons. The van der Waals surface area contributed by atoms with Crippen molar-refractivity contribution in [3.05, 3.63) is 59.7 Å². The fourth-order valence-corrected chi connectivity index (χ4v) is 11.2. The molecule has 24 nitrogen and oxygen atoms in total. The lowest BCUT2D eigenvalue weighted by Gasteiger charge is -2.39. The number of likely N-dealkylation sites (N-methyl/N-ethyl adjacent to an activating group) is 1. The summed E-state index contributed by atoms with van der Waals surface area (Å²) in [7, 11) is 1.45. The summed E-state index contributed by atoms with van der Waals surface area (Å²) < 4.78 is 16.8. The predicted octanol–water partition coefficient (Wildman–Crippen LogP) is 4.00. The van der Waals surface area contributed by atoms with Gasteiger partial charge in [0, 0.05) is 68.3 Å². The highest BCUT2D eigenvalue weighted by Gasteiger charge is 2.48. The second kappa shape index (κ2) is 26.2. The lowest BCUT2D eigenvalue weighted by Crippen LogP contribution is -2.63. The lowest BCUT2D eigenvalue weighted by atomic mass is 10.00. The van der Waals surface area contributed by atoms with Crippen molar-refractivity contribution in [3.63, 3.8) is 0 Å². The number of urea groups is 2. The first kappa shape index (κ1) is 60.1. The Morgan fingerprint density at radius 3 is 1.44 bits per heavy atom. The Hall–Kier alpha value is -7.53. The number of hydrogen-bond acceptors (Lipinski definition) is 12. The number of nitrogens with zero attached hydrogens (tertiary/aromatic N) is 5. The minimum absolute atomic E-state index is 0.0864. The van der Waals surface area contributed by atoms with Crippen LogP contribution in [-0.4, -0.2) is 190 Å². The van der Waals surface area contributed by atoms with E-state index in [9.17, 15) is 48.3 Å². The van der Waals surface area contributed by atoms with Crippen molar-refractivity contribution in [2.24, 2.45) is 0 Å². The van der Waals surface area contributed by atoms with Crippen LogP contribution >= 0.6 is 0 Å². The topological polar surface area (TPSA) is 290 Å². The summed E-state index contributed by atoms with van der Waals surface area (Å²) in [4.78, 5) is 126. The van der Waals surface area contributed by atoms with Crippen LogP contribution in [0.25, 0.3) is 0 Å². The van der Waals surface area contributed by atoms with Crippen LogP contribution in [0, 0.1) is 0 Å². The van der Waals surface area contributed by atoms with E-state index in [4.69, 9.17) is 14.2 Å². The van der Waals surface area contributed by atoms with Gasteiger partial charge in [0.1, 0.15) is 47.3 Å². The first-order valence-electron chi connectivity index (χ1n) is 28.0. The molecule has 4 saturated heterocycles. The van der Waals surface area contributed by atoms with Crippen molar-refractivity contribution in [1.82, 2.24) is 56.4 Å². The van der Waals surface area contributed by atoms with Gasteiger partial charge in [0.2, 0.25) is 29.5 Å². The Bertz CT molecular complexity index is 2610. The number of hydrogen-bond donors (Lipinski definition) is 7. The Balaban J connectivity index is 0.000000238. The SMILES string of the molecule is CC(C)NC(=O)N1CC[C@H]2CC[C@@H](C(=O)N[C@@H]3CCOc4ccccc43)N2C(=O)[C@@H](NC(=O)O)C1.CC(C)NC(=O)N1CC[C@H]2CC[C@@H](C(=O)N[C@@H]3CCOc4ccccc43)N2C(=O)[C@@H](NC(=O)[C@H](C)N(C)C(=O)OC(C)(C)C)C1. The summed E-state index contributed by atoms with van der Waals surface area (Å²) in [6.07, 6.45) is 2.33. The molecule has 6 aliphatic heterocycles. The minimum atomic E-state index is -1.36. The van der Waals surface area contributed by atoms with Gasteiger partial charge in [-0.15, -0.1) is 0 Å². The third-order valence-corrected chi connectivity index (χ3v) is 15.2. The molecule has 24 heteroatoms. The van der Waals surface area contributed by atoms with E-state index in [1.165, 1.54) is 23.8 Å². The number of amides is 11. The van der Waals surface area contributed by atoms with Crippen molar-refractivity contribution in [1.29, 1.82) is 0 Å². The quantitative estimate of drug-likeness (QED) is 0.177.